The van der Waals surface area contributed by atoms with Crippen molar-refractivity contribution in [3.63, 3.8) is 0 Å². The first-order valence-corrected chi connectivity index (χ1v) is 6.32. The second-order valence-corrected chi connectivity index (χ2v) is 4.88. The van der Waals surface area contributed by atoms with Crippen LogP contribution in [0.4, 0.5) is 0 Å². The van der Waals surface area contributed by atoms with Crippen LogP contribution in [-0.2, 0) is 7.05 Å². The van der Waals surface area contributed by atoms with Crippen LogP contribution in [-0.4, -0.2) is 27.0 Å². The topological polar surface area (TPSA) is 60.2 Å². The van der Waals surface area contributed by atoms with Gasteiger partial charge in [0.25, 0.3) is 0 Å². The maximum absolute atomic E-state index is 9.88. The minimum absolute atomic E-state index is 0.600. The molecule has 2 rings (SSSR count). The molecule has 6 heteroatoms. The van der Waals surface area contributed by atoms with Crippen LogP contribution in [0.2, 0.25) is 0 Å². The molecule has 1 aromatic carbocycles. The molecule has 0 aliphatic carbocycles. The number of nitrogens with zero attached hydrogens (tertiary/aromatic N) is 3. The molecule has 0 fully saturated rings. The van der Waals surface area contributed by atoms with Gasteiger partial charge in [-0.25, -0.2) is 0 Å². The zero-order valence-corrected chi connectivity index (χ0v) is 11.3. The van der Waals surface area contributed by atoms with E-state index in [1.54, 1.807) is 20.4 Å². The third-order valence-electron chi connectivity index (χ3n) is 2.53. The fourth-order valence-corrected chi connectivity index (χ4v) is 2.67. The number of benzene rings is 1. The summed E-state index contributed by atoms with van der Waals surface area (Å²) in [6.45, 7) is 1.72. The lowest BCUT2D eigenvalue weighted by atomic mass is 10.1. The summed E-state index contributed by atoms with van der Waals surface area (Å²) < 4.78 is 7.11. The number of hydrogen-bond donors (Lipinski definition) is 1. The lowest BCUT2D eigenvalue weighted by Gasteiger charge is -2.15. The largest absolute Gasteiger partial charge is 0.496 e. The summed E-state index contributed by atoms with van der Waals surface area (Å²) in [5.41, 5.74) is 0.771. The van der Waals surface area contributed by atoms with Gasteiger partial charge >= 0.3 is 0 Å². The number of methoxy groups -OCH3 is 1. The van der Waals surface area contributed by atoms with Gasteiger partial charge in [0.05, 0.1) is 13.2 Å². The molecule has 0 saturated carbocycles. The molecule has 5 nitrogen and oxygen atoms in total. The second kappa shape index (κ2) is 5.41. The van der Waals surface area contributed by atoms with E-state index in [0.29, 0.717) is 5.75 Å². The van der Waals surface area contributed by atoms with Gasteiger partial charge in [0.2, 0.25) is 0 Å². The van der Waals surface area contributed by atoms with Crippen molar-refractivity contribution in [3.05, 3.63) is 30.1 Å². The summed E-state index contributed by atoms with van der Waals surface area (Å²) >= 11 is 1.45. The lowest BCUT2D eigenvalue weighted by molar-refractivity contribution is 0.191. The maximum Gasteiger partial charge on any atom is 0.195 e. The highest BCUT2D eigenvalue weighted by atomic mass is 32.2. The Hall–Kier alpha value is -1.53. The van der Waals surface area contributed by atoms with Crippen molar-refractivity contribution in [1.82, 2.24) is 14.8 Å². The summed E-state index contributed by atoms with van der Waals surface area (Å²) in [4.78, 5) is 0.917. The van der Waals surface area contributed by atoms with Crippen molar-refractivity contribution >= 4 is 11.8 Å². The van der Waals surface area contributed by atoms with E-state index >= 15 is 0 Å². The molecule has 0 aliphatic rings. The summed E-state index contributed by atoms with van der Waals surface area (Å²) in [7, 11) is 3.47. The van der Waals surface area contributed by atoms with Gasteiger partial charge in [0.15, 0.2) is 5.16 Å². The Balaban J connectivity index is 2.41. The van der Waals surface area contributed by atoms with Crippen molar-refractivity contribution in [2.75, 3.05) is 7.11 Å². The van der Waals surface area contributed by atoms with E-state index in [9.17, 15) is 5.11 Å². The van der Waals surface area contributed by atoms with Crippen molar-refractivity contribution < 1.29 is 9.84 Å². The Bertz CT molecular complexity index is 540. The third-order valence-corrected chi connectivity index (χ3v) is 3.66. The normalized spacial score (nSPS) is 12.4. The van der Waals surface area contributed by atoms with Crippen LogP contribution in [0.25, 0.3) is 0 Å². The van der Waals surface area contributed by atoms with Gasteiger partial charge in [0.1, 0.15) is 12.1 Å². The molecule has 0 unspecified atom stereocenters. The van der Waals surface area contributed by atoms with E-state index in [4.69, 9.17) is 4.74 Å². The standard InChI is InChI=1S/C12H15N3O2S/c1-8(16)11-9(17-3)5-4-6-10(11)18-12-14-13-7-15(12)2/h4-8,16H,1-3H3/t8-/m1/s1. The molecule has 1 N–H and O–H groups in total. The molecule has 0 amide bonds. The average Bonchev–Trinajstić information content (AvgIpc) is 2.74. The summed E-state index contributed by atoms with van der Waals surface area (Å²) in [5.74, 6) is 0.678. The molecule has 18 heavy (non-hydrogen) atoms. The van der Waals surface area contributed by atoms with Gasteiger partial charge in [-0.15, -0.1) is 10.2 Å². The summed E-state index contributed by atoms with van der Waals surface area (Å²) in [5, 5.41) is 18.5. The van der Waals surface area contributed by atoms with Crippen LogP contribution in [0.3, 0.4) is 0 Å². The Kier molecular flexibility index (Phi) is 3.88. The molecule has 1 aromatic heterocycles. The van der Waals surface area contributed by atoms with Crippen molar-refractivity contribution in [1.29, 1.82) is 0 Å². The van der Waals surface area contributed by atoms with Crippen LogP contribution in [0.15, 0.2) is 34.6 Å². The summed E-state index contributed by atoms with van der Waals surface area (Å²) in [6.07, 6.45) is 1.04. The van der Waals surface area contributed by atoms with Gasteiger partial charge in [-0.05, 0) is 30.8 Å². The lowest BCUT2D eigenvalue weighted by Crippen LogP contribution is -1.99. The maximum atomic E-state index is 9.88. The highest BCUT2D eigenvalue weighted by Crippen LogP contribution is 2.37. The van der Waals surface area contributed by atoms with Crippen LogP contribution < -0.4 is 4.74 Å². The molecular weight excluding hydrogens is 250 g/mol. The van der Waals surface area contributed by atoms with Crippen LogP contribution in [0.5, 0.6) is 5.75 Å². The molecule has 1 atom stereocenters. The Morgan fingerprint density at radius 2 is 2.22 bits per heavy atom. The monoisotopic (exact) mass is 265 g/mol. The molecule has 0 bridgehead atoms. The zero-order chi connectivity index (χ0) is 13.1. The highest BCUT2D eigenvalue weighted by molar-refractivity contribution is 7.99. The highest BCUT2D eigenvalue weighted by Gasteiger charge is 2.16. The van der Waals surface area contributed by atoms with Crippen LogP contribution in [0, 0.1) is 0 Å². The smallest absolute Gasteiger partial charge is 0.195 e. The van der Waals surface area contributed by atoms with Crippen molar-refractivity contribution in [2.45, 2.75) is 23.1 Å². The average molecular weight is 265 g/mol. The molecule has 0 spiro atoms. The fourth-order valence-electron chi connectivity index (χ4n) is 1.67. The molecule has 1 heterocycles. The van der Waals surface area contributed by atoms with Crippen LogP contribution in [0.1, 0.15) is 18.6 Å². The molecule has 0 aliphatic heterocycles. The first kappa shape index (κ1) is 12.9. The number of aliphatic hydroxyl groups excluding tert-OH is 1. The first-order valence-electron chi connectivity index (χ1n) is 5.50. The molecule has 0 saturated heterocycles. The van der Waals surface area contributed by atoms with Gasteiger partial charge in [-0.1, -0.05) is 6.07 Å². The van der Waals surface area contributed by atoms with Gasteiger partial charge in [0, 0.05) is 17.5 Å². The van der Waals surface area contributed by atoms with E-state index in [2.05, 4.69) is 10.2 Å². The van der Waals surface area contributed by atoms with Crippen molar-refractivity contribution in [2.24, 2.45) is 7.05 Å². The van der Waals surface area contributed by atoms with Gasteiger partial charge in [-0.3, -0.25) is 0 Å². The van der Waals surface area contributed by atoms with Crippen LogP contribution >= 0.6 is 11.8 Å². The SMILES string of the molecule is COc1cccc(Sc2nncn2C)c1[C@@H](C)O. The minimum atomic E-state index is -0.600. The number of aromatic nitrogens is 3. The number of hydrogen-bond acceptors (Lipinski definition) is 5. The fraction of sp³-hybridized carbons (Fsp3) is 0.333. The second-order valence-electron chi connectivity index (χ2n) is 3.87. The quantitative estimate of drug-likeness (QED) is 0.916. The number of ether oxygens (including phenoxy) is 1. The van der Waals surface area contributed by atoms with E-state index in [0.717, 1.165) is 15.6 Å². The Labute approximate surface area is 110 Å². The van der Waals surface area contributed by atoms with E-state index in [1.165, 1.54) is 11.8 Å². The molecular formula is C12H15N3O2S. The van der Waals surface area contributed by atoms with Gasteiger partial charge < -0.3 is 14.4 Å². The Morgan fingerprint density at radius 3 is 2.78 bits per heavy atom. The van der Waals surface area contributed by atoms with Crippen molar-refractivity contribution in [3.8, 4) is 5.75 Å². The minimum Gasteiger partial charge on any atom is -0.496 e. The van der Waals surface area contributed by atoms with E-state index in [1.807, 2.05) is 29.8 Å². The molecule has 2 aromatic rings. The summed E-state index contributed by atoms with van der Waals surface area (Å²) in [6, 6.07) is 5.66. The van der Waals surface area contributed by atoms with E-state index in [-0.39, 0.29) is 0 Å². The zero-order valence-electron chi connectivity index (χ0n) is 10.5. The van der Waals surface area contributed by atoms with Gasteiger partial charge in [-0.2, -0.15) is 0 Å². The third kappa shape index (κ3) is 2.49. The number of rotatable bonds is 4. The number of aryl methyl sites for hydroxylation is 1. The van der Waals surface area contributed by atoms with E-state index < -0.39 is 6.10 Å². The predicted octanol–water partition coefficient (Wildman–Crippen LogP) is 2.03. The molecule has 96 valence electrons. The Morgan fingerprint density at radius 1 is 1.44 bits per heavy atom. The number of aliphatic hydroxyl groups is 1. The molecule has 0 radical (unpaired) electrons. The predicted molar refractivity (Wildman–Crippen MR) is 68.8 cm³/mol. The first-order chi connectivity index (χ1) is 8.63.